The lowest BCUT2D eigenvalue weighted by molar-refractivity contribution is -0.138. The number of aromatic nitrogens is 4. The molecule has 0 bridgehead atoms. The van der Waals surface area contributed by atoms with E-state index in [1.165, 1.54) is 6.07 Å². The normalized spacial score (nSPS) is 20.8. The molecule has 226 valence electrons. The average Bonchev–Trinajstić information content (AvgIpc) is 3.76. The second kappa shape index (κ2) is 10.2. The number of anilines is 1. The SMILES string of the molecule is C[C@H]1CCCN(Cc2cc3c(c(C(F)(F)F)c2)CN(c2cc(C4(c5nncn5C)CCCC4)cc4c2ccn4C)C3=O)C1. The number of hydrogen-bond acceptors (Lipinski definition) is 4. The zero-order chi connectivity index (χ0) is 30.1. The van der Waals surface area contributed by atoms with Gasteiger partial charge in [0.2, 0.25) is 0 Å². The summed E-state index contributed by atoms with van der Waals surface area (Å²) in [4.78, 5) is 17.9. The van der Waals surface area contributed by atoms with E-state index in [4.69, 9.17) is 0 Å². The molecular formula is C33H37F3N6O. The van der Waals surface area contributed by atoms with E-state index in [9.17, 15) is 18.0 Å². The molecule has 3 aliphatic rings. The van der Waals surface area contributed by atoms with E-state index < -0.39 is 11.7 Å². The minimum Gasteiger partial charge on any atom is -0.350 e. The molecule has 0 spiro atoms. The molecule has 4 aromatic rings. The molecule has 2 aliphatic heterocycles. The quantitative estimate of drug-likeness (QED) is 0.264. The molecule has 1 saturated carbocycles. The van der Waals surface area contributed by atoms with E-state index in [-0.39, 0.29) is 29.0 Å². The lowest BCUT2D eigenvalue weighted by Gasteiger charge is -2.31. The van der Waals surface area contributed by atoms with Crippen molar-refractivity contribution >= 4 is 22.5 Å². The first-order chi connectivity index (χ1) is 20.5. The van der Waals surface area contributed by atoms with Gasteiger partial charge in [0.1, 0.15) is 12.2 Å². The minimum absolute atomic E-state index is 0.0617. The van der Waals surface area contributed by atoms with Gasteiger partial charge in [0.25, 0.3) is 5.91 Å². The zero-order valence-corrected chi connectivity index (χ0v) is 24.9. The fourth-order valence-electron chi connectivity index (χ4n) is 7.88. The Hall–Kier alpha value is -3.66. The van der Waals surface area contributed by atoms with Crippen molar-refractivity contribution in [3.05, 3.63) is 76.5 Å². The highest BCUT2D eigenvalue weighted by molar-refractivity contribution is 6.14. The van der Waals surface area contributed by atoms with Crippen LogP contribution in [0.15, 0.2) is 42.9 Å². The molecule has 7 nitrogen and oxygen atoms in total. The maximum atomic E-state index is 14.5. The highest BCUT2D eigenvalue weighted by atomic mass is 19.4. The summed E-state index contributed by atoms with van der Waals surface area (Å²) in [5.74, 6) is 1.00. The number of nitrogens with zero attached hydrogens (tertiary/aromatic N) is 6. The molecule has 1 atom stereocenters. The first kappa shape index (κ1) is 28.1. The Morgan fingerprint density at radius 1 is 1.05 bits per heavy atom. The fourth-order valence-corrected chi connectivity index (χ4v) is 7.88. The van der Waals surface area contributed by atoms with E-state index in [2.05, 4.69) is 28.1 Å². The summed E-state index contributed by atoms with van der Waals surface area (Å²) in [7, 11) is 3.90. The summed E-state index contributed by atoms with van der Waals surface area (Å²) < 4.78 is 47.5. The van der Waals surface area contributed by atoms with Crippen LogP contribution in [0.1, 0.15) is 83.9 Å². The molecule has 1 saturated heterocycles. The van der Waals surface area contributed by atoms with Gasteiger partial charge in [-0.05, 0) is 85.2 Å². The smallest absolute Gasteiger partial charge is 0.350 e. The van der Waals surface area contributed by atoms with Crippen LogP contribution in [-0.4, -0.2) is 43.2 Å². The molecule has 1 aliphatic carbocycles. The van der Waals surface area contributed by atoms with E-state index >= 15 is 0 Å². The van der Waals surface area contributed by atoms with Crippen LogP contribution in [0.3, 0.4) is 0 Å². The standard InChI is InChI=1S/C33H37F3N6O/c1-21-7-6-11-41(17-21)18-22-13-25-26(27(14-22)33(34,35)36)19-42(30(25)43)29-16-23(15-28-24(29)8-12-39(28)2)32(9-4-5-10-32)31-38-37-20-40(31)3/h8,12-16,20-21H,4-7,9-11,17-19H2,1-3H3/t21-/m0/s1. The summed E-state index contributed by atoms with van der Waals surface area (Å²) in [5.41, 5.74) is 2.27. The number of likely N-dealkylation sites (tertiary alicyclic amines) is 1. The predicted molar refractivity (Wildman–Crippen MR) is 159 cm³/mol. The summed E-state index contributed by atoms with van der Waals surface area (Å²) in [6, 6.07) is 9.10. The number of benzene rings is 2. The molecule has 2 aromatic carbocycles. The Kier molecular flexibility index (Phi) is 6.68. The van der Waals surface area contributed by atoms with Crippen molar-refractivity contribution in [1.82, 2.24) is 24.2 Å². The van der Waals surface area contributed by atoms with Gasteiger partial charge in [-0.3, -0.25) is 9.69 Å². The van der Waals surface area contributed by atoms with Gasteiger partial charge in [0, 0.05) is 44.3 Å². The van der Waals surface area contributed by atoms with Gasteiger partial charge < -0.3 is 14.0 Å². The van der Waals surface area contributed by atoms with Crippen molar-refractivity contribution in [3.8, 4) is 0 Å². The van der Waals surface area contributed by atoms with Crippen LogP contribution in [0.5, 0.6) is 0 Å². The molecule has 4 heterocycles. The number of fused-ring (bicyclic) bond motifs is 2. The number of halogens is 3. The molecule has 2 fully saturated rings. The third kappa shape index (κ3) is 4.65. The van der Waals surface area contributed by atoms with E-state index in [1.54, 1.807) is 17.3 Å². The third-order valence-electron chi connectivity index (χ3n) is 9.98. The van der Waals surface area contributed by atoms with Gasteiger partial charge in [-0.1, -0.05) is 19.8 Å². The molecule has 0 N–H and O–H groups in total. The van der Waals surface area contributed by atoms with Crippen molar-refractivity contribution in [2.24, 2.45) is 20.0 Å². The molecule has 1 amide bonds. The second-order valence-corrected chi connectivity index (χ2v) is 13.0. The van der Waals surface area contributed by atoms with Crippen LogP contribution in [-0.2, 0) is 38.8 Å². The first-order valence-electron chi connectivity index (χ1n) is 15.3. The number of piperidine rings is 1. The van der Waals surface area contributed by atoms with Gasteiger partial charge in [0.15, 0.2) is 0 Å². The van der Waals surface area contributed by atoms with E-state index in [1.807, 2.05) is 41.6 Å². The van der Waals surface area contributed by atoms with Crippen LogP contribution >= 0.6 is 0 Å². The zero-order valence-electron chi connectivity index (χ0n) is 24.9. The fraction of sp³-hybridized carbons (Fsp3) is 0.485. The monoisotopic (exact) mass is 590 g/mol. The Morgan fingerprint density at radius 2 is 1.84 bits per heavy atom. The van der Waals surface area contributed by atoms with Crippen LogP contribution in [0.2, 0.25) is 0 Å². The third-order valence-corrected chi connectivity index (χ3v) is 9.98. The van der Waals surface area contributed by atoms with Gasteiger partial charge in [-0.2, -0.15) is 13.2 Å². The average molecular weight is 591 g/mol. The number of hydrogen-bond donors (Lipinski definition) is 0. The topological polar surface area (TPSA) is 59.2 Å². The highest BCUT2D eigenvalue weighted by Gasteiger charge is 2.44. The van der Waals surface area contributed by atoms with Crippen molar-refractivity contribution < 1.29 is 18.0 Å². The number of carbonyl (C=O) groups excluding carboxylic acids is 1. The summed E-state index contributed by atoms with van der Waals surface area (Å²) >= 11 is 0. The van der Waals surface area contributed by atoms with Gasteiger partial charge in [-0.25, -0.2) is 0 Å². The molecule has 0 unspecified atom stereocenters. The minimum atomic E-state index is -4.56. The molecule has 7 rings (SSSR count). The van der Waals surface area contributed by atoms with Gasteiger partial charge >= 0.3 is 6.18 Å². The Balaban J connectivity index is 1.34. The van der Waals surface area contributed by atoms with Gasteiger partial charge in [-0.15, -0.1) is 10.2 Å². The molecule has 10 heteroatoms. The predicted octanol–water partition coefficient (Wildman–Crippen LogP) is 6.58. The lowest BCUT2D eigenvalue weighted by Crippen LogP contribution is -2.33. The number of carbonyl (C=O) groups is 1. The van der Waals surface area contributed by atoms with Crippen LogP contribution in [0, 0.1) is 5.92 Å². The second-order valence-electron chi connectivity index (χ2n) is 13.0. The number of amides is 1. The van der Waals surface area contributed by atoms with Crippen molar-refractivity contribution in [3.63, 3.8) is 0 Å². The molecular weight excluding hydrogens is 553 g/mol. The summed E-state index contributed by atoms with van der Waals surface area (Å²) in [6.07, 6.45) is 5.10. The Morgan fingerprint density at radius 3 is 2.53 bits per heavy atom. The Labute approximate surface area is 249 Å². The molecule has 0 radical (unpaired) electrons. The van der Waals surface area contributed by atoms with E-state index in [0.29, 0.717) is 23.7 Å². The van der Waals surface area contributed by atoms with Crippen molar-refractivity contribution in [1.29, 1.82) is 0 Å². The first-order valence-corrected chi connectivity index (χ1v) is 15.3. The molecule has 43 heavy (non-hydrogen) atoms. The maximum Gasteiger partial charge on any atom is 0.416 e. The highest BCUT2D eigenvalue weighted by Crippen LogP contribution is 2.49. The largest absolute Gasteiger partial charge is 0.416 e. The van der Waals surface area contributed by atoms with Crippen LogP contribution < -0.4 is 4.90 Å². The molecule has 2 aromatic heterocycles. The number of rotatable bonds is 5. The van der Waals surface area contributed by atoms with E-state index in [0.717, 1.165) is 73.9 Å². The lowest BCUT2D eigenvalue weighted by atomic mass is 9.77. The van der Waals surface area contributed by atoms with Gasteiger partial charge in [0.05, 0.1) is 28.7 Å². The van der Waals surface area contributed by atoms with Crippen LogP contribution in [0.25, 0.3) is 10.9 Å². The Bertz CT molecular complexity index is 1710. The number of aryl methyl sites for hydroxylation is 2. The number of alkyl halides is 3. The summed E-state index contributed by atoms with van der Waals surface area (Å²) in [6.45, 7) is 4.18. The maximum absolute atomic E-state index is 14.5. The van der Waals surface area contributed by atoms with Crippen LogP contribution in [0.4, 0.5) is 18.9 Å². The summed E-state index contributed by atoms with van der Waals surface area (Å²) in [5, 5.41) is 9.52. The van der Waals surface area contributed by atoms with Crippen molar-refractivity contribution in [2.75, 3.05) is 18.0 Å². The van der Waals surface area contributed by atoms with Crippen molar-refractivity contribution in [2.45, 2.75) is 70.1 Å².